The summed E-state index contributed by atoms with van der Waals surface area (Å²) in [5, 5.41) is 2.14. The predicted molar refractivity (Wildman–Crippen MR) is 166 cm³/mol. The molecule has 0 radical (unpaired) electrons. The number of rotatable bonds is 7. The van der Waals surface area contributed by atoms with E-state index < -0.39 is 12.2 Å². The van der Waals surface area contributed by atoms with Crippen molar-refractivity contribution in [3.05, 3.63) is 115 Å². The Hall–Kier alpha value is -3.42. The number of esters is 2. The Kier molecular flexibility index (Phi) is 6.75. The quantitative estimate of drug-likeness (QED) is 0.128. The minimum Gasteiger partial charge on any atom is -0.449 e. The Balaban J connectivity index is 1.42. The van der Waals surface area contributed by atoms with E-state index in [1.165, 1.54) is 19.3 Å². The van der Waals surface area contributed by atoms with E-state index in [4.69, 9.17) is 9.47 Å². The lowest BCUT2D eigenvalue weighted by Crippen LogP contribution is -2.03. The lowest BCUT2D eigenvalue weighted by molar-refractivity contribution is 0.0445. The number of hydrogen-bond donors (Lipinski definition) is 0. The Bertz CT molecular complexity index is 1750. The van der Waals surface area contributed by atoms with E-state index in [2.05, 4.69) is 67.6 Å². The number of carbonyl (C=O) groups excluding carboxylic acids is 2. The highest BCUT2D eigenvalue weighted by molar-refractivity contribution is 9.10. The average molecular weight is 673 g/mol. The van der Waals surface area contributed by atoms with Crippen LogP contribution in [0.5, 0.6) is 0 Å². The first kappa shape index (κ1) is 26.5. The Morgan fingerprint density at radius 3 is 1.63 bits per heavy atom. The Labute approximate surface area is 254 Å². The van der Waals surface area contributed by atoms with E-state index in [9.17, 15) is 9.59 Å². The Morgan fingerprint density at radius 2 is 1.15 bits per heavy atom. The third kappa shape index (κ3) is 4.32. The normalized spacial score (nSPS) is 17.6. The molecule has 2 atom stereocenters. The van der Waals surface area contributed by atoms with Crippen LogP contribution in [-0.2, 0) is 16.0 Å². The number of halogens is 2. The molecule has 1 aromatic heterocycles. The molecule has 0 N–H and O–H groups in total. The van der Waals surface area contributed by atoms with Crippen LogP contribution in [0.15, 0.2) is 81.7 Å². The first-order valence-electron chi connectivity index (χ1n) is 14.0. The van der Waals surface area contributed by atoms with E-state index in [1.54, 1.807) is 0 Å². The van der Waals surface area contributed by atoms with Gasteiger partial charge in [-0.3, -0.25) is 0 Å². The molecule has 0 bridgehead atoms. The lowest BCUT2D eigenvalue weighted by atomic mass is 9.96. The summed E-state index contributed by atoms with van der Waals surface area (Å²) in [6, 6.07) is 23.7. The summed E-state index contributed by atoms with van der Waals surface area (Å²) < 4.78 is 16.0. The number of ether oxygens (including phenoxy) is 2. The first-order chi connectivity index (χ1) is 20.0. The van der Waals surface area contributed by atoms with Crippen LogP contribution in [0, 0.1) is 0 Å². The van der Waals surface area contributed by atoms with Crippen LogP contribution in [0.2, 0.25) is 0 Å². The number of nitrogens with zero attached hydrogens (tertiary/aromatic N) is 1. The minimum absolute atomic E-state index is 0.302. The molecule has 41 heavy (non-hydrogen) atoms. The number of aryl methyl sites for hydroxylation is 1. The van der Waals surface area contributed by atoms with E-state index in [0.717, 1.165) is 66.0 Å². The SMILES string of the molecule is CCCCCCn1c2cc(Br)c(C3OC(=O)c4ccccc43)cc2c2cc(C3OC(=O)c4ccccc43)c(Br)cc21. The molecule has 0 amide bonds. The van der Waals surface area contributed by atoms with Crippen LogP contribution < -0.4 is 0 Å². The summed E-state index contributed by atoms with van der Waals surface area (Å²) in [4.78, 5) is 25.4. The van der Waals surface area contributed by atoms with Crippen LogP contribution in [0.1, 0.15) is 87.8 Å². The Morgan fingerprint density at radius 1 is 0.659 bits per heavy atom. The van der Waals surface area contributed by atoms with Crippen LogP contribution in [0.4, 0.5) is 0 Å². The van der Waals surface area contributed by atoms with Crippen molar-refractivity contribution < 1.29 is 19.1 Å². The van der Waals surface area contributed by atoms with Gasteiger partial charge in [0.1, 0.15) is 0 Å². The molecule has 206 valence electrons. The molecule has 5 nitrogen and oxygen atoms in total. The molecule has 0 aliphatic carbocycles. The van der Waals surface area contributed by atoms with Gasteiger partial charge in [0.2, 0.25) is 0 Å². The maximum atomic E-state index is 12.7. The zero-order chi connectivity index (χ0) is 28.2. The molecule has 7 heteroatoms. The van der Waals surface area contributed by atoms with Crippen LogP contribution >= 0.6 is 31.9 Å². The summed E-state index contributed by atoms with van der Waals surface area (Å²) >= 11 is 7.64. The van der Waals surface area contributed by atoms with Gasteiger partial charge >= 0.3 is 11.9 Å². The van der Waals surface area contributed by atoms with Gasteiger partial charge in [0.05, 0.1) is 22.2 Å². The summed E-state index contributed by atoms with van der Waals surface area (Å²) in [5.74, 6) is -0.604. The molecule has 2 aliphatic heterocycles. The van der Waals surface area contributed by atoms with Gasteiger partial charge in [-0.05, 0) is 42.8 Å². The molecule has 0 saturated carbocycles. The third-order valence-electron chi connectivity index (χ3n) is 8.28. The highest BCUT2D eigenvalue weighted by atomic mass is 79.9. The second-order valence-electron chi connectivity index (χ2n) is 10.7. The fourth-order valence-corrected chi connectivity index (χ4v) is 7.34. The van der Waals surface area contributed by atoms with Gasteiger partial charge in [0.15, 0.2) is 12.2 Å². The van der Waals surface area contributed by atoms with Crippen LogP contribution in [-0.4, -0.2) is 16.5 Å². The summed E-state index contributed by atoms with van der Waals surface area (Å²) in [7, 11) is 0. The van der Waals surface area contributed by atoms with Crippen molar-refractivity contribution >= 4 is 65.6 Å². The topological polar surface area (TPSA) is 57.5 Å². The fourth-order valence-electron chi connectivity index (χ4n) is 6.26. The first-order valence-corrected chi connectivity index (χ1v) is 15.6. The van der Waals surface area contributed by atoms with E-state index >= 15 is 0 Å². The van der Waals surface area contributed by atoms with Gasteiger partial charge in [-0.2, -0.15) is 0 Å². The van der Waals surface area contributed by atoms with Crippen LogP contribution in [0.3, 0.4) is 0 Å². The summed E-state index contributed by atoms with van der Waals surface area (Å²) in [6.07, 6.45) is 3.65. The summed E-state index contributed by atoms with van der Waals surface area (Å²) in [6.45, 7) is 3.11. The van der Waals surface area contributed by atoms with Gasteiger partial charge in [-0.1, -0.05) is 94.4 Å². The van der Waals surface area contributed by atoms with Crippen LogP contribution in [0.25, 0.3) is 21.8 Å². The smallest absolute Gasteiger partial charge is 0.339 e. The van der Waals surface area contributed by atoms with E-state index in [0.29, 0.717) is 11.1 Å². The molecule has 3 heterocycles. The molecule has 7 rings (SSSR count). The van der Waals surface area contributed by atoms with Gasteiger partial charge in [0, 0.05) is 48.5 Å². The number of aromatic nitrogens is 1. The van der Waals surface area contributed by atoms with E-state index in [1.807, 2.05) is 48.5 Å². The number of carbonyl (C=O) groups is 2. The zero-order valence-corrected chi connectivity index (χ0v) is 25.6. The molecule has 5 aromatic rings. The molecule has 2 unspecified atom stereocenters. The fraction of sp³-hybridized carbons (Fsp3) is 0.235. The summed E-state index contributed by atoms with van der Waals surface area (Å²) in [5.41, 5.74) is 6.99. The van der Waals surface area contributed by atoms with Crippen molar-refractivity contribution in [3.63, 3.8) is 0 Å². The molecular weight excluding hydrogens is 646 g/mol. The highest BCUT2D eigenvalue weighted by Crippen LogP contribution is 2.45. The van der Waals surface area contributed by atoms with Crippen molar-refractivity contribution in [2.45, 2.75) is 51.4 Å². The van der Waals surface area contributed by atoms with Gasteiger partial charge in [-0.25, -0.2) is 9.59 Å². The monoisotopic (exact) mass is 671 g/mol. The van der Waals surface area contributed by atoms with Crippen molar-refractivity contribution in [1.82, 2.24) is 4.57 Å². The van der Waals surface area contributed by atoms with E-state index in [-0.39, 0.29) is 11.9 Å². The highest BCUT2D eigenvalue weighted by Gasteiger charge is 2.35. The number of fused-ring (bicyclic) bond motifs is 5. The largest absolute Gasteiger partial charge is 0.449 e. The number of cyclic esters (lactones) is 2. The molecule has 0 fully saturated rings. The number of unbranched alkanes of at least 4 members (excludes halogenated alkanes) is 3. The molecule has 2 aliphatic rings. The maximum absolute atomic E-state index is 12.7. The molecule has 0 spiro atoms. The molecular formula is C34H27Br2NO4. The maximum Gasteiger partial charge on any atom is 0.339 e. The van der Waals surface area contributed by atoms with Gasteiger partial charge in [-0.15, -0.1) is 0 Å². The minimum atomic E-state index is -0.488. The van der Waals surface area contributed by atoms with Crippen molar-refractivity contribution in [2.24, 2.45) is 0 Å². The van der Waals surface area contributed by atoms with Crippen molar-refractivity contribution in [3.8, 4) is 0 Å². The van der Waals surface area contributed by atoms with Gasteiger partial charge in [0.25, 0.3) is 0 Å². The third-order valence-corrected chi connectivity index (χ3v) is 9.65. The zero-order valence-electron chi connectivity index (χ0n) is 22.5. The average Bonchev–Trinajstić information content (AvgIpc) is 3.59. The van der Waals surface area contributed by atoms with Gasteiger partial charge < -0.3 is 14.0 Å². The second kappa shape index (κ2) is 10.4. The molecule has 0 saturated heterocycles. The predicted octanol–water partition coefficient (Wildman–Crippen LogP) is 9.42. The standard InChI is InChI=1S/C34H27Br2NO4/c1-2-3-4-9-14-37-29-17-27(35)25(31-19-10-5-7-12-21(19)33(38)40-31)15-23(29)24-16-26(28(36)18-30(24)37)32-20-11-6-8-13-22(20)34(39)41-32/h5-8,10-13,15-18,31-32H,2-4,9,14H2,1H3. The molecule has 4 aromatic carbocycles. The van der Waals surface area contributed by atoms with Crippen molar-refractivity contribution in [2.75, 3.05) is 0 Å². The number of hydrogen-bond acceptors (Lipinski definition) is 4. The lowest BCUT2D eigenvalue weighted by Gasteiger charge is -2.14. The number of benzene rings is 4. The second-order valence-corrected chi connectivity index (χ2v) is 12.4. The van der Waals surface area contributed by atoms with Crippen molar-refractivity contribution in [1.29, 1.82) is 0 Å².